The second kappa shape index (κ2) is 7.79. The molecule has 0 fully saturated rings. The summed E-state index contributed by atoms with van der Waals surface area (Å²) in [6.45, 7) is 2.20. The predicted molar refractivity (Wildman–Crippen MR) is 105 cm³/mol. The number of aryl methyl sites for hydroxylation is 1. The summed E-state index contributed by atoms with van der Waals surface area (Å²) in [4.78, 5) is 25.5. The number of nitrogens with one attached hydrogen (secondary N) is 1. The Bertz CT molecular complexity index is 1160. The van der Waals surface area contributed by atoms with Crippen molar-refractivity contribution < 1.29 is 22.7 Å². The number of hydrogen-bond acceptors (Lipinski definition) is 3. The normalized spacial score (nSPS) is 11.5. The summed E-state index contributed by atoms with van der Waals surface area (Å²) in [5, 5.41) is 2.47. The van der Waals surface area contributed by atoms with Gasteiger partial charge in [0.2, 0.25) is 5.43 Å². The van der Waals surface area contributed by atoms with Crippen molar-refractivity contribution in [1.29, 1.82) is 0 Å². The smallest absolute Gasteiger partial charge is 0.416 e. The van der Waals surface area contributed by atoms with Gasteiger partial charge in [0, 0.05) is 13.2 Å². The number of ether oxygens (including phenoxy) is 1. The van der Waals surface area contributed by atoms with Crippen molar-refractivity contribution in [2.24, 2.45) is 7.05 Å². The highest BCUT2D eigenvalue weighted by atomic mass is 35.5. The number of benzene rings is 2. The number of anilines is 1. The fraction of sp³-hybridized carbons (Fsp3) is 0.200. The molecule has 1 N–H and O–H groups in total. The molecule has 0 aliphatic rings. The third kappa shape index (κ3) is 4.22. The highest BCUT2D eigenvalue weighted by molar-refractivity contribution is 6.34. The molecule has 0 radical (unpaired) electrons. The lowest BCUT2D eigenvalue weighted by molar-refractivity contribution is -0.137. The van der Waals surface area contributed by atoms with E-state index in [1.807, 2.05) is 0 Å². The first-order valence-corrected chi connectivity index (χ1v) is 8.94. The molecule has 1 aromatic heterocycles. The van der Waals surface area contributed by atoms with Gasteiger partial charge in [0.05, 0.1) is 33.8 Å². The van der Waals surface area contributed by atoms with E-state index in [1.165, 1.54) is 12.3 Å². The number of aromatic nitrogens is 1. The molecule has 5 nitrogen and oxygen atoms in total. The highest BCUT2D eigenvalue weighted by Crippen LogP contribution is 2.34. The largest absolute Gasteiger partial charge is 0.494 e. The standard InChI is InChI=1S/C20H16ClF3N2O3/c1-3-29-12-5-7-17-13(9-12)18(27)14(10-26(17)2)19(28)25-16-8-11(20(22,23)24)4-6-15(16)21/h4-10H,3H2,1-2H3,(H,25,28). The molecule has 1 amide bonds. The Kier molecular flexibility index (Phi) is 5.57. The molecule has 3 rings (SSSR count). The van der Waals surface area contributed by atoms with Crippen molar-refractivity contribution in [2.45, 2.75) is 13.1 Å². The van der Waals surface area contributed by atoms with E-state index in [0.717, 1.165) is 18.2 Å². The van der Waals surface area contributed by atoms with E-state index in [-0.39, 0.29) is 21.7 Å². The molecule has 2 aromatic carbocycles. The second-order valence-electron chi connectivity index (χ2n) is 6.24. The van der Waals surface area contributed by atoms with Gasteiger partial charge in [0.15, 0.2) is 0 Å². The van der Waals surface area contributed by atoms with Crippen molar-refractivity contribution in [3.8, 4) is 5.75 Å². The van der Waals surface area contributed by atoms with Crippen molar-refractivity contribution in [2.75, 3.05) is 11.9 Å². The van der Waals surface area contributed by atoms with Crippen LogP contribution in [-0.2, 0) is 13.2 Å². The molecular formula is C20H16ClF3N2O3. The number of amides is 1. The summed E-state index contributed by atoms with van der Waals surface area (Å²) in [7, 11) is 1.65. The third-order valence-electron chi connectivity index (χ3n) is 4.26. The first-order valence-electron chi connectivity index (χ1n) is 8.56. The van der Waals surface area contributed by atoms with Gasteiger partial charge >= 0.3 is 6.18 Å². The number of carbonyl (C=O) groups is 1. The molecule has 0 spiro atoms. The maximum Gasteiger partial charge on any atom is 0.416 e. The zero-order valence-corrected chi connectivity index (χ0v) is 16.2. The molecule has 0 aliphatic heterocycles. The Morgan fingerprint density at radius 2 is 1.93 bits per heavy atom. The minimum absolute atomic E-state index is 0.0809. The third-order valence-corrected chi connectivity index (χ3v) is 4.59. The van der Waals surface area contributed by atoms with Crippen LogP contribution in [0, 0.1) is 0 Å². The lowest BCUT2D eigenvalue weighted by Crippen LogP contribution is -2.23. The van der Waals surface area contributed by atoms with Crippen LogP contribution in [0.15, 0.2) is 47.4 Å². The summed E-state index contributed by atoms with van der Waals surface area (Å²) >= 11 is 5.92. The molecule has 0 bridgehead atoms. The van der Waals surface area contributed by atoms with Crippen LogP contribution in [0.3, 0.4) is 0 Å². The topological polar surface area (TPSA) is 60.3 Å². The van der Waals surface area contributed by atoms with E-state index in [1.54, 1.807) is 30.7 Å². The summed E-state index contributed by atoms with van der Waals surface area (Å²) in [5.74, 6) is -0.397. The van der Waals surface area contributed by atoms with Crippen LogP contribution in [0.4, 0.5) is 18.9 Å². The van der Waals surface area contributed by atoms with E-state index in [0.29, 0.717) is 17.9 Å². The van der Waals surface area contributed by atoms with E-state index in [9.17, 15) is 22.8 Å². The molecule has 0 aliphatic carbocycles. The molecule has 0 saturated heterocycles. The van der Waals surface area contributed by atoms with E-state index in [4.69, 9.17) is 16.3 Å². The van der Waals surface area contributed by atoms with Gasteiger partial charge in [0.1, 0.15) is 11.3 Å². The number of alkyl halides is 3. The van der Waals surface area contributed by atoms with Crippen LogP contribution < -0.4 is 15.5 Å². The number of carbonyl (C=O) groups excluding carboxylic acids is 1. The molecule has 0 saturated carbocycles. The number of rotatable bonds is 4. The Morgan fingerprint density at radius 3 is 2.59 bits per heavy atom. The Hall–Kier alpha value is -3.00. The van der Waals surface area contributed by atoms with Crippen molar-refractivity contribution in [3.05, 3.63) is 69.0 Å². The first-order chi connectivity index (χ1) is 13.6. The van der Waals surface area contributed by atoms with Gasteiger partial charge in [0.25, 0.3) is 5.91 Å². The van der Waals surface area contributed by atoms with Crippen LogP contribution in [0.5, 0.6) is 5.75 Å². The van der Waals surface area contributed by atoms with Gasteiger partial charge in [-0.3, -0.25) is 9.59 Å². The SMILES string of the molecule is CCOc1ccc2c(c1)c(=O)c(C(=O)Nc1cc(C(F)(F)F)ccc1Cl)cn2C. The number of halogens is 4. The zero-order chi connectivity index (χ0) is 21.3. The Labute approximate surface area is 168 Å². The molecular weight excluding hydrogens is 409 g/mol. The maximum atomic E-state index is 12.9. The van der Waals surface area contributed by atoms with Crippen molar-refractivity contribution in [3.63, 3.8) is 0 Å². The van der Waals surface area contributed by atoms with Gasteiger partial charge < -0.3 is 14.6 Å². The number of nitrogens with zero attached hydrogens (tertiary/aromatic N) is 1. The fourth-order valence-corrected chi connectivity index (χ4v) is 3.04. The summed E-state index contributed by atoms with van der Waals surface area (Å²) < 4.78 is 45.8. The highest BCUT2D eigenvalue weighted by Gasteiger charge is 2.31. The van der Waals surface area contributed by atoms with Gasteiger partial charge in [-0.05, 0) is 43.3 Å². The molecule has 3 aromatic rings. The molecule has 1 heterocycles. The van der Waals surface area contributed by atoms with Gasteiger partial charge in [-0.15, -0.1) is 0 Å². The Morgan fingerprint density at radius 1 is 1.21 bits per heavy atom. The summed E-state index contributed by atoms with van der Waals surface area (Å²) in [6, 6.07) is 7.48. The number of pyridine rings is 1. The van der Waals surface area contributed by atoms with Crippen LogP contribution in [0.1, 0.15) is 22.8 Å². The van der Waals surface area contributed by atoms with E-state index in [2.05, 4.69) is 5.32 Å². The average molecular weight is 425 g/mol. The van der Waals surface area contributed by atoms with Crippen molar-refractivity contribution in [1.82, 2.24) is 4.57 Å². The molecule has 0 unspecified atom stereocenters. The fourth-order valence-electron chi connectivity index (χ4n) is 2.88. The average Bonchev–Trinajstić information content (AvgIpc) is 2.65. The van der Waals surface area contributed by atoms with Gasteiger partial charge in [-0.1, -0.05) is 11.6 Å². The molecule has 29 heavy (non-hydrogen) atoms. The maximum absolute atomic E-state index is 12.9. The van der Waals surface area contributed by atoms with E-state index >= 15 is 0 Å². The van der Waals surface area contributed by atoms with Crippen LogP contribution >= 0.6 is 11.6 Å². The first kappa shape index (κ1) is 20.7. The lowest BCUT2D eigenvalue weighted by Gasteiger charge is -2.13. The zero-order valence-electron chi connectivity index (χ0n) is 15.4. The molecule has 0 atom stereocenters. The van der Waals surface area contributed by atoms with Crippen LogP contribution in [-0.4, -0.2) is 17.1 Å². The van der Waals surface area contributed by atoms with Crippen LogP contribution in [0.2, 0.25) is 5.02 Å². The minimum Gasteiger partial charge on any atom is -0.494 e. The summed E-state index contributed by atoms with van der Waals surface area (Å²) in [6.07, 6.45) is -3.28. The predicted octanol–water partition coefficient (Wildman–Crippen LogP) is 4.86. The molecule has 152 valence electrons. The summed E-state index contributed by atoms with van der Waals surface area (Å²) in [5.41, 5.74) is -1.43. The molecule has 9 heteroatoms. The van der Waals surface area contributed by atoms with Crippen LogP contribution in [0.25, 0.3) is 10.9 Å². The quantitative estimate of drug-likeness (QED) is 0.650. The van der Waals surface area contributed by atoms with Crippen molar-refractivity contribution >= 4 is 34.1 Å². The monoisotopic (exact) mass is 424 g/mol. The minimum atomic E-state index is -4.60. The van der Waals surface area contributed by atoms with Gasteiger partial charge in [-0.2, -0.15) is 13.2 Å². The Balaban J connectivity index is 2.04. The second-order valence-corrected chi connectivity index (χ2v) is 6.65. The van der Waals surface area contributed by atoms with E-state index < -0.39 is 23.1 Å². The number of hydrogen-bond donors (Lipinski definition) is 1. The van der Waals surface area contributed by atoms with Gasteiger partial charge in [-0.25, -0.2) is 0 Å². The lowest BCUT2D eigenvalue weighted by atomic mass is 10.1. The number of fused-ring (bicyclic) bond motifs is 1.